The van der Waals surface area contributed by atoms with Gasteiger partial charge in [0.1, 0.15) is 22.3 Å². The monoisotopic (exact) mass is 363 g/mol. The summed E-state index contributed by atoms with van der Waals surface area (Å²) in [6.07, 6.45) is 0. The van der Waals surface area contributed by atoms with Crippen LogP contribution < -0.4 is 5.73 Å². The number of nitrogens with zero attached hydrogens (tertiary/aromatic N) is 2. The van der Waals surface area contributed by atoms with Crippen LogP contribution in [0.1, 0.15) is 30.1 Å². The van der Waals surface area contributed by atoms with Crippen LogP contribution in [0.3, 0.4) is 0 Å². The molecule has 2 aromatic heterocycles. The van der Waals surface area contributed by atoms with Gasteiger partial charge in [0.05, 0.1) is 5.56 Å². The molecule has 0 aliphatic heterocycles. The lowest BCUT2D eigenvalue weighted by molar-refractivity contribution is 0.0691. The van der Waals surface area contributed by atoms with E-state index in [0.717, 1.165) is 0 Å². The zero-order valence-corrected chi connectivity index (χ0v) is 14.8. The second kappa shape index (κ2) is 8.00. The summed E-state index contributed by atoms with van der Waals surface area (Å²) in [5.74, 6) is -0.904. The fourth-order valence-corrected chi connectivity index (χ4v) is 2.80. The normalized spacial score (nSPS) is 10.5. The summed E-state index contributed by atoms with van der Waals surface area (Å²) < 4.78 is 18.2. The minimum absolute atomic E-state index is 0.0272. The van der Waals surface area contributed by atoms with Crippen LogP contribution in [-0.2, 0) is 0 Å². The van der Waals surface area contributed by atoms with Crippen LogP contribution in [-0.4, -0.2) is 27.3 Å². The van der Waals surface area contributed by atoms with Crippen LogP contribution in [0.15, 0.2) is 34.2 Å². The predicted octanol–water partition coefficient (Wildman–Crippen LogP) is 3.96. The van der Waals surface area contributed by atoms with Crippen LogP contribution in [0.4, 0.5) is 4.39 Å². The topological polar surface area (TPSA) is 102 Å². The van der Waals surface area contributed by atoms with Gasteiger partial charge in [-0.15, -0.1) is 11.3 Å². The van der Waals surface area contributed by atoms with E-state index in [4.69, 9.17) is 15.4 Å². The van der Waals surface area contributed by atoms with Crippen molar-refractivity contribution in [2.75, 3.05) is 0 Å². The summed E-state index contributed by atoms with van der Waals surface area (Å²) >= 11 is 1.20. The van der Waals surface area contributed by atoms with Crippen molar-refractivity contribution in [3.05, 3.63) is 46.9 Å². The predicted molar refractivity (Wildman–Crippen MR) is 94.0 cm³/mol. The summed E-state index contributed by atoms with van der Waals surface area (Å²) in [4.78, 5) is 15.0. The molecule has 0 amide bonds. The second-order valence-corrected chi connectivity index (χ2v) is 6.41. The maximum Gasteiger partial charge on any atom is 0.355 e. The van der Waals surface area contributed by atoms with Gasteiger partial charge in [0.2, 0.25) is 0 Å². The molecule has 0 aliphatic carbocycles. The summed E-state index contributed by atoms with van der Waals surface area (Å²) in [7, 11) is 0. The van der Waals surface area contributed by atoms with Crippen LogP contribution in [0.2, 0.25) is 0 Å². The largest absolute Gasteiger partial charge is 0.476 e. The number of aromatic carboxylic acids is 1. The van der Waals surface area contributed by atoms with Gasteiger partial charge in [-0.1, -0.05) is 19.0 Å². The van der Waals surface area contributed by atoms with Gasteiger partial charge in [-0.05, 0) is 37.2 Å². The Kier molecular flexibility index (Phi) is 6.00. The fraction of sp³-hybridized carbons (Fsp3) is 0.235. The second-order valence-electron chi connectivity index (χ2n) is 5.56. The van der Waals surface area contributed by atoms with E-state index >= 15 is 0 Å². The third kappa shape index (κ3) is 4.71. The first-order chi connectivity index (χ1) is 11.8. The van der Waals surface area contributed by atoms with Gasteiger partial charge in [-0.2, -0.15) is 0 Å². The van der Waals surface area contributed by atoms with Crippen molar-refractivity contribution in [2.24, 2.45) is 5.73 Å². The third-order valence-electron chi connectivity index (χ3n) is 2.92. The summed E-state index contributed by atoms with van der Waals surface area (Å²) in [5, 5.41) is 14.9. The van der Waals surface area contributed by atoms with E-state index in [0.29, 0.717) is 33.6 Å². The number of carbonyl (C=O) groups is 1. The maximum absolute atomic E-state index is 13.0. The Morgan fingerprint density at radius 2 is 1.92 bits per heavy atom. The first-order valence-corrected chi connectivity index (χ1v) is 8.34. The molecule has 2 heterocycles. The number of thiazole rings is 1. The number of benzene rings is 1. The molecule has 0 saturated carbocycles. The van der Waals surface area contributed by atoms with Gasteiger partial charge in [0, 0.05) is 10.9 Å². The number of carboxylic acids is 1. The first-order valence-electron chi connectivity index (χ1n) is 7.46. The quantitative estimate of drug-likeness (QED) is 0.730. The highest BCUT2D eigenvalue weighted by atomic mass is 32.1. The highest BCUT2D eigenvalue weighted by molar-refractivity contribution is 7.13. The Bertz CT molecular complexity index is 854. The molecule has 132 valence electrons. The molecule has 6 nitrogen and oxygen atoms in total. The highest BCUT2D eigenvalue weighted by Gasteiger charge is 2.20. The molecule has 0 aliphatic rings. The molecule has 3 N–H and O–H groups in total. The first kappa shape index (κ1) is 18.8. The van der Waals surface area contributed by atoms with Crippen molar-refractivity contribution < 1.29 is 18.8 Å². The molecular weight excluding hydrogens is 345 g/mol. The number of hydrogen-bond acceptors (Lipinski definition) is 6. The van der Waals surface area contributed by atoms with E-state index in [-0.39, 0.29) is 11.5 Å². The van der Waals surface area contributed by atoms with E-state index in [1.807, 2.05) is 13.8 Å². The Labute approximate surface area is 148 Å². The van der Waals surface area contributed by atoms with E-state index in [9.17, 15) is 9.18 Å². The Morgan fingerprint density at radius 3 is 2.44 bits per heavy atom. The molecule has 3 rings (SSSR count). The van der Waals surface area contributed by atoms with Gasteiger partial charge in [0.25, 0.3) is 0 Å². The van der Waals surface area contributed by atoms with E-state index in [1.165, 1.54) is 28.8 Å². The molecule has 8 heteroatoms. The summed E-state index contributed by atoms with van der Waals surface area (Å²) in [5.41, 5.74) is 6.90. The van der Waals surface area contributed by atoms with Crippen LogP contribution in [0.5, 0.6) is 0 Å². The Balaban J connectivity index is 0.000000511. The number of halogens is 1. The Morgan fingerprint density at radius 1 is 1.32 bits per heavy atom. The smallest absolute Gasteiger partial charge is 0.355 e. The number of rotatable bonds is 3. The minimum atomic E-state index is -1.09. The molecule has 0 radical (unpaired) electrons. The van der Waals surface area contributed by atoms with Crippen molar-refractivity contribution >= 4 is 17.3 Å². The van der Waals surface area contributed by atoms with E-state index < -0.39 is 5.97 Å². The summed E-state index contributed by atoms with van der Waals surface area (Å²) in [6.45, 7) is 5.61. The van der Waals surface area contributed by atoms with Crippen molar-refractivity contribution in [1.82, 2.24) is 10.1 Å². The number of nitrogens with two attached hydrogens (primary N) is 1. The lowest BCUT2D eigenvalue weighted by atomic mass is 10.1. The molecule has 0 saturated heterocycles. The van der Waals surface area contributed by atoms with Gasteiger partial charge >= 0.3 is 5.97 Å². The lowest BCUT2D eigenvalue weighted by Gasteiger charge is -1.99. The van der Waals surface area contributed by atoms with Gasteiger partial charge in [-0.3, -0.25) is 0 Å². The fourth-order valence-electron chi connectivity index (χ4n) is 1.92. The molecule has 3 aromatic rings. The molecular formula is C17H18FN3O3S. The van der Waals surface area contributed by atoms with Crippen LogP contribution >= 0.6 is 11.3 Å². The van der Waals surface area contributed by atoms with Gasteiger partial charge in [-0.25, -0.2) is 14.2 Å². The average Bonchev–Trinajstić information content (AvgIpc) is 3.14. The van der Waals surface area contributed by atoms with E-state index in [2.05, 4.69) is 10.1 Å². The van der Waals surface area contributed by atoms with Crippen molar-refractivity contribution in [1.29, 1.82) is 0 Å². The molecule has 0 unspecified atom stereocenters. The SMILES string of the molecule is CC(C)N.Cc1onc(-c2ccc(F)cc2)c1-c1nc(C(=O)O)cs1. The standard InChI is InChI=1S/C14H9FN2O3S.C3H9N/c1-7-11(13-16-10(6-21-13)14(18)19)12(17-20-7)8-2-4-9(15)5-3-8;1-3(2)4/h2-6H,1H3,(H,18,19);3H,4H2,1-2H3. The maximum atomic E-state index is 13.0. The average molecular weight is 363 g/mol. The molecule has 0 fully saturated rings. The molecule has 0 bridgehead atoms. The molecule has 0 spiro atoms. The van der Waals surface area contributed by atoms with Crippen molar-refractivity contribution in [2.45, 2.75) is 26.8 Å². The molecule has 0 atom stereocenters. The zero-order valence-electron chi connectivity index (χ0n) is 14.0. The number of carboxylic acid groups (broad SMARTS) is 1. The third-order valence-corrected chi connectivity index (χ3v) is 3.78. The minimum Gasteiger partial charge on any atom is -0.476 e. The van der Waals surface area contributed by atoms with Crippen LogP contribution in [0.25, 0.3) is 21.8 Å². The number of hydrogen-bond donors (Lipinski definition) is 2. The van der Waals surface area contributed by atoms with Crippen molar-refractivity contribution in [3.8, 4) is 21.8 Å². The van der Waals surface area contributed by atoms with Crippen molar-refractivity contribution in [3.63, 3.8) is 0 Å². The van der Waals surface area contributed by atoms with Crippen LogP contribution in [0, 0.1) is 12.7 Å². The van der Waals surface area contributed by atoms with E-state index in [1.54, 1.807) is 19.1 Å². The number of aryl methyl sites for hydroxylation is 1. The zero-order chi connectivity index (χ0) is 18.6. The number of aromatic nitrogens is 2. The summed E-state index contributed by atoms with van der Waals surface area (Å²) in [6, 6.07) is 6.16. The Hall–Kier alpha value is -2.58. The van der Waals surface area contributed by atoms with Gasteiger partial charge < -0.3 is 15.4 Å². The lowest BCUT2D eigenvalue weighted by Crippen LogP contribution is -2.06. The molecule has 1 aromatic carbocycles. The molecule has 25 heavy (non-hydrogen) atoms. The van der Waals surface area contributed by atoms with Gasteiger partial charge in [0.15, 0.2) is 5.69 Å². The highest BCUT2D eigenvalue weighted by Crippen LogP contribution is 2.35.